The largest absolute Gasteiger partial charge is 0.374 e. The van der Waals surface area contributed by atoms with Crippen molar-refractivity contribution in [3.63, 3.8) is 0 Å². The first kappa shape index (κ1) is 10.4. The Hall–Kier alpha value is -1.09. The van der Waals surface area contributed by atoms with Crippen molar-refractivity contribution in [2.24, 2.45) is 5.92 Å². The lowest BCUT2D eigenvalue weighted by molar-refractivity contribution is 0.578. The highest BCUT2D eigenvalue weighted by Gasteiger charge is 2.17. The van der Waals surface area contributed by atoms with Crippen LogP contribution in [0.2, 0.25) is 0 Å². The van der Waals surface area contributed by atoms with Gasteiger partial charge in [-0.2, -0.15) is 0 Å². The average Bonchev–Trinajstić information content (AvgIpc) is 2.71. The molecule has 1 atom stereocenters. The molecule has 2 heterocycles. The summed E-state index contributed by atoms with van der Waals surface area (Å²) in [6.07, 6.45) is 5.10. The predicted molar refractivity (Wildman–Crippen MR) is 63.2 cm³/mol. The lowest BCUT2D eigenvalue weighted by Gasteiger charge is -2.24. The van der Waals surface area contributed by atoms with E-state index in [4.69, 9.17) is 0 Å². The Morgan fingerprint density at radius 1 is 1.60 bits per heavy atom. The summed E-state index contributed by atoms with van der Waals surface area (Å²) in [5, 5.41) is 3.40. The van der Waals surface area contributed by atoms with Crippen molar-refractivity contribution in [2.75, 3.05) is 31.6 Å². The van der Waals surface area contributed by atoms with Crippen LogP contribution in [0.3, 0.4) is 0 Å². The van der Waals surface area contributed by atoms with E-state index in [2.05, 4.69) is 35.2 Å². The number of pyridine rings is 1. The molecule has 15 heavy (non-hydrogen) atoms. The number of hydrogen-bond acceptors (Lipinski definition) is 3. The molecule has 1 fully saturated rings. The van der Waals surface area contributed by atoms with Crippen molar-refractivity contribution in [2.45, 2.75) is 13.3 Å². The van der Waals surface area contributed by atoms with Gasteiger partial charge in [0, 0.05) is 31.7 Å². The van der Waals surface area contributed by atoms with E-state index in [-0.39, 0.29) is 0 Å². The number of anilines is 1. The molecule has 1 aliphatic rings. The Bertz CT molecular complexity index is 318. The maximum Gasteiger partial charge on any atom is 0.0424 e. The minimum Gasteiger partial charge on any atom is -0.374 e. The van der Waals surface area contributed by atoms with Crippen LogP contribution in [0, 0.1) is 12.8 Å². The lowest BCUT2D eigenvalue weighted by Crippen LogP contribution is -2.27. The molecule has 0 bridgehead atoms. The van der Waals surface area contributed by atoms with Gasteiger partial charge in [0.25, 0.3) is 0 Å². The molecule has 0 saturated carbocycles. The summed E-state index contributed by atoms with van der Waals surface area (Å²) in [4.78, 5) is 6.46. The maximum atomic E-state index is 4.12. The van der Waals surface area contributed by atoms with E-state index in [1.54, 1.807) is 0 Å². The summed E-state index contributed by atoms with van der Waals surface area (Å²) in [6.45, 7) is 5.59. The standard InChI is InChI=1S/C12H19N3/c1-10-7-13-6-4-12(10)15(2)9-11-3-5-14-8-11/h4,6-7,11,14H,3,5,8-9H2,1-2H3. The Morgan fingerprint density at radius 3 is 3.13 bits per heavy atom. The van der Waals surface area contributed by atoms with Crippen molar-refractivity contribution < 1.29 is 0 Å². The van der Waals surface area contributed by atoms with E-state index in [9.17, 15) is 0 Å². The van der Waals surface area contributed by atoms with Crippen LogP contribution < -0.4 is 10.2 Å². The van der Waals surface area contributed by atoms with Crippen molar-refractivity contribution in [3.05, 3.63) is 24.0 Å². The molecule has 1 saturated heterocycles. The Morgan fingerprint density at radius 2 is 2.47 bits per heavy atom. The summed E-state index contributed by atoms with van der Waals surface area (Å²) in [5.74, 6) is 0.794. The Kier molecular flexibility index (Phi) is 3.21. The second-order valence-corrected chi connectivity index (χ2v) is 4.40. The van der Waals surface area contributed by atoms with E-state index in [1.165, 1.54) is 24.2 Å². The van der Waals surface area contributed by atoms with Crippen molar-refractivity contribution in [3.8, 4) is 0 Å². The number of rotatable bonds is 3. The van der Waals surface area contributed by atoms with Crippen LogP contribution in [0.25, 0.3) is 0 Å². The molecular weight excluding hydrogens is 186 g/mol. The van der Waals surface area contributed by atoms with Crippen LogP contribution in [0.15, 0.2) is 18.5 Å². The lowest BCUT2D eigenvalue weighted by atomic mass is 10.1. The molecule has 1 aromatic heterocycles. The SMILES string of the molecule is Cc1cnccc1N(C)CC1CCNC1. The number of nitrogens with zero attached hydrogens (tertiary/aromatic N) is 2. The van der Waals surface area contributed by atoms with E-state index in [0.29, 0.717) is 0 Å². The van der Waals surface area contributed by atoms with Crippen molar-refractivity contribution in [1.29, 1.82) is 0 Å². The highest BCUT2D eigenvalue weighted by Crippen LogP contribution is 2.19. The molecule has 0 aromatic carbocycles. The summed E-state index contributed by atoms with van der Waals surface area (Å²) in [5.41, 5.74) is 2.56. The minimum atomic E-state index is 0.794. The third kappa shape index (κ3) is 2.48. The average molecular weight is 205 g/mol. The second-order valence-electron chi connectivity index (χ2n) is 4.40. The zero-order valence-electron chi connectivity index (χ0n) is 9.53. The Balaban J connectivity index is 2.00. The van der Waals surface area contributed by atoms with Gasteiger partial charge >= 0.3 is 0 Å². The van der Waals surface area contributed by atoms with Gasteiger partial charge < -0.3 is 10.2 Å². The highest BCUT2D eigenvalue weighted by atomic mass is 15.1. The Labute approximate surface area is 91.5 Å². The fraction of sp³-hybridized carbons (Fsp3) is 0.583. The third-order valence-electron chi connectivity index (χ3n) is 3.10. The fourth-order valence-corrected chi connectivity index (χ4v) is 2.25. The van der Waals surface area contributed by atoms with Crippen molar-refractivity contribution in [1.82, 2.24) is 10.3 Å². The summed E-state index contributed by atoms with van der Waals surface area (Å²) >= 11 is 0. The molecule has 1 unspecified atom stereocenters. The van der Waals surface area contributed by atoms with E-state index in [0.717, 1.165) is 19.0 Å². The van der Waals surface area contributed by atoms with Crippen LogP contribution in [-0.4, -0.2) is 31.7 Å². The molecule has 0 radical (unpaired) electrons. The molecule has 3 heteroatoms. The zero-order chi connectivity index (χ0) is 10.7. The third-order valence-corrected chi connectivity index (χ3v) is 3.10. The van der Waals surface area contributed by atoms with E-state index >= 15 is 0 Å². The van der Waals surface area contributed by atoms with Gasteiger partial charge in [0.15, 0.2) is 0 Å². The van der Waals surface area contributed by atoms with Crippen LogP contribution >= 0.6 is 0 Å². The molecule has 0 spiro atoms. The topological polar surface area (TPSA) is 28.2 Å². The molecule has 2 rings (SSSR count). The van der Waals surface area contributed by atoms with E-state index in [1.807, 2.05) is 12.4 Å². The number of aromatic nitrogens is 1. The maximum absolute atomic E-state index is 4.12. The molecule has 1 aliphatic heterocycles. The molecule has 82 valence electrons. The van der Waals surface area contributed by atoms with Gasteiger partial charge in [0.1, 0.15) is 0 Å². The van der Waals surface area contributed by atoms with Gasteiger partial charge in [-0.3, -0.25) is 4.98 Å². The summed E-state index contributed by atoms with van der Waals surface area (Å²) in [6, 6.07) is 2.09. The normalized spacial score (nSPS) is 20.5. The van der Waals surface area contributed by atoms with Crippen LogP contribution in [0.4, 0.5) is 5.69 Å². The van der Waals surface area contributed by atoms with Crippen LogP contribution in [0.1, 0.15) is 12.0 Å². The van der Waals surface area contributed by atoms with Gasteiger partial charge in [0.2, 0.25) is 0 Å². The van der Waals surface area contributed by atoms with Crippen molar-refractivity contribution >= 4 is 5.69 Å². The minimum absolute atomic E-state index is 0.794. The quantitative estimate of drug-likeness (QED) is 0.809. The molecule has 0 amide bonds. The van der Waals surface area contributed by atoms with Gasteiger partial charge in [-0.05, 0) is 44.0 Å². The summed E-state index contributed by atoms with van der Waals surface area (Å²) in [7, 11) is 2.17. The van der Waals surface area contributed by atoms with Crippen LogP contribution in [0.5, 0.6) is 0 Å². The fourth-order valence-electron chi connectivity index (χ4n) is 2.25. The number of aryl methyl sites for hydroxylation is 1. The van der Waals surface area contributed by atoms with Gasteiger partial charge in [-0.15, -0.1) is 0 Å². The molecule has 0 aliphatic carbocycles. The highest BCUT2D eigenvalue weighted by molar-refractivity contribution is 5.50. The van der Waals surface area contributed by atoms with E-state index < -0.39 is 0 Å². The van der Waals surface area contributed by atoms with Gasteiger partial charge in [-0.25, -0.2) is 0 Å². The first-order valence-corrected chi connectivity index (χ1v) is 5.60. The molecule has 1 aromatic rings. The smallest absolute Gasteiger partial charge is 0.0424 e. The molecular formula is C12H19N3. The first-order valence-electron chi connectivity index (χ1n) is 5.60. The predicted octanol–water partition coefficient (Wildman–Crippen LogP) is 1.44. The first-order chi connectivity index (χ1) is 7.27. The number of hydrogen-bond donors (Lipinski definition) is 1. The van der Waals surface area contributed by atoms with Gasteiger partial charge in [0.05, 0.1) is 0 Å². The van der Waals surface area contributed by atoms with Gasteiger partial charge in [-0.1, -0.05) is 0 Å². The molecule has 3 nitrogen and oxygen atoms in total. The number of nitrogens with one attached hydrogen (secondary N) is 1. The monoisotopic (exact) mass is 205 g/mol. The molecule has 1 N–H and O–H groups in total. The van der Waals surface area contributed by atoms with Crippen LogP contribution in [-0.2, 0) is 0 Å². The zero-order valence-corrected chi connectivity index (χ0v) is 9.53. The second kappa shape index (κ2) is 4.62. The summed E-state index contributed by atoms with van der Waals surface area (Å²) < 4.78 is 0.